The third kappa shape index (κ3) is 1.17. The Kier molecular flexibility index (Phi) is 2.24. The predicted octanol–water partition coefficient (Wildman–Crippen LogP) is 2.60. The van der Waals surface area contributed by atoms with Crippen LogP contribution in [0.25, 0.3) is 0 Å². The molecule has 13 heavy (non-hydrogen) atoms. The Morgan fingerprint density at radius 3 is 2.69 bits per heavy atom. The molecule has 2 aliphatic rings. The third-order valence-corrected chi connectivity index (χ3v) is 3.96. The Morgan fingerprint density at radius 1 is 1.54 bits per heavy atom. The average Bonchev–Trinajstić information content (AvgIpc) is 2.10. The van der Waals surface area contributed by atoms with E-state index < -0.39 is 0 Å². The summed E-state index contributed by atoms with van der Waals surface area (Å²) in [6.07, 6.45) is 6.43. The molecular weight excluding hydrogens is 232 g/mol. The Morgan fingerprint density at radius 2 is 2.31 bits per heavy atom. The Labute approximate surface area is 86.7 Å². The second-order valence-corrected chi connectivity index (χ2v) is 4.36. The van der Waals surface area contributed by atoms with Crippen molar-refractivity contribution in [2.75, 3.05) is 14.2 Å². The van der Waals surface area contributed by atoms with Crippen LogP contribution in [0.3, 0.4) is 0 Å². The highest BCUT2D eigenvalue weighted by Crippen LogP contribution is 2.52. The second-order valence-electron chi connectivity index (χ2n) is 3.50. The van der Waals surface area contributed by atoms with E-state index in [1.165, 1.54) is 6.42 Å². The predicted molar refractivity (Wildman–Crippen MR) is 54.6 cm³/mol. The molecule has 0 spiro atoms. The number of ether oxygens (including phenoxy) is 2. The van der Waals surface area contributed by atoms with E-state index in [4.69, 9.17) is 9.47 Å². The average molecular weight is 245 g/mol. The molecule has 2 unspecified atom stereocenters. The van der Waals surface area contributed by atoms with Crippen LogP contribution < -0.4 is 0 Å². The van der Waals surface area contributed by atoms with Crippen molar-refractivity contribution < 1.29 is 9.47 Å². The highest BCUT2D eigenvalue weighted by atomic mass is 79.9. The largest absolute Gasteiger partial charge is 0.497 e. The van der Waals surface area contributed by atoms with Gasteiger partial charge < -0.3 is 9.47 Å². The quantitative estimate of drug-likeness (QED) is 0.744. The molecule has 0 heterocycles. The fraction of sp³-hybridized carbons (Fsp3) is 0.600. The molecule has 2 atom stereocenters. The summed E-state index contributed by atoms with van der Waals surface area (Å²) >= 11 is 3.56. The zero-order valence-electron chi connectivity index (χ0n) is 7.84. The molecule has 2 aliphatic carbocycles. The van der Waals surface area contributed by atoms with Crippen LogP contribution in [0.5, 0.6) is 0 Å². The zero-order chi connectivity index (χ0) is 9.47. The minimum Gasteiger partial charge on any atom is -0.497 e. The topological polar surface area (TPSA) is 18.5 Å². The van der Waals surface area contributed by atoms with Gasteiger partial charge in [0.25, 0.3) is 0 Å². The summed E-state index contributed by atoms with van der Waals surface area (Å²) < 4.78 is 11.9. The summed E-state index contributed by atoms with van der Waals surface area (Å²) in [4.78, 5) is 0. The van der Waals surface area contributed by atoms with Crippen molar-refractivity contribution in [3.05, 3.63) is 22.4 Å². The zero-order valence-corrected chi connectivity index (χ0v) is 9.43. The Bertz CT molecular complexity index is 279. The number of fused-ring (bicyclic) bond motifs is 1. The van der Waals surface area contributed by atoms with Crippen LogP contribution in [0.15, 0.2) is 22.4 Å². The second kappa shape index (κ2) is 3.14. The molecule has 0 bridgehead atoms. The normalized spacial score (nSPS) is 37.0. The van der Waals surface area contributed by atoms with Crippen LogP contribution in [0.2, 0.25) is 0 Å². The molecule has 1 saturated carbocycles. The first-order chi connectivity index (χ1) is 6.23. The van der Waals surface area contributed by atoms with Gasteiger partial charge in [-0.1, -0.05) is 15.9 Å². The first kappa shape index (κ1) is 9.28. The molecule has 2 rings (SSSR count). The van der Waals surface area contributed by atoms with Gasteiger partial charge in [0.15, 0.2) is 0 Å². The fourth-order valence-corrected chi connectivity index (χ4v) is 2.94. The molecule has 0 saturated heterocycles. The first-order valence-electron chi connectivity index (χ1n) is 4.41. The van der Waals surface area contributed by atoms with Crippen LogP contribution in [0.1, 0.15) is 12.8 Å². The van der Waals surface area contributed by atoms with E-state index in [9.17, 15) is 0 Å². The van der Waals surface area contributed by atoms with Gasteiger partial charge in [-0.25, -0.2) is 0 Å². The van der Waals surface area contributed by atoms with E-state index in [2.05, 4.69) is 22.0 Å². The lowest BCUT2D eigenvalue weighted by Crippen LogP contribution is -2.49. The van der Waals surface area contributed by atoms with E-state index in [1.54, 1.807) is 14.2 Å². The molecule has 0 radical (unpaired) electrons. The van der Waals surface area contributed by atoms with E-state index in [0.29, 0.717) is 5.92 Å². The summed E-state index contributed by atoms with van der Waals surface area (Å²) in [6, 6.07) is 0. The van der Waals surface area contributed by atoms with Gasteiger partial charge in [0.1, 0.15) is 11.4 Å². The van der Waals surface area contributed by atoms with Crippen LogP contribution in [-0.4, -0.2) is 19.8 Å². The van der Waals surface area contributed by atoms with Crippen molar-refractivity contribution in [3.8, 4) is 0 Å². The molecule has 0 aromatic heterocycles. The summed E-state index contributed by atoms with van der Waals surface area (Å²) in [7, 11) is 3.47. The van der Waals surface area contributed by atoms with Gasteiger partial charge in [-0.15, -0.1) is 0 Å². The smallest absolute Gasteiger partial charge is 0.116 e. The minimum absolute atomic E-state index is 0.0813. The summed E-state index contributed by atoms with van der Waals surface area (Å²) in [5.41, 5.74) is -0.0813. The molecular formula is C10H13BrO2. The SMILES string of the molecule is COC1=CC2CCC2(OC)C(Br)=C1. The maximum atomic E-state index is 5.57. The fourth-order valence-electron chi connectivity index (χ4n) is 2.06. The van der Waals surface area contributed by atoms with Gasteiger partial charge in [0, 0.05) is 17.5 Å². The molecule has 2 nitrogen and oxygen atoms in total. The standard InChI is InChI=1S/C10H13BrO2/c1-12-8-5-7-3-4-10(7,13-2)9(11)6-8/h5-7H,3-4H2,1-2H3. The van der Waals surface area contributed by atoms with Crippen LogP contribution >= 0.6 is 15.9 Å². The Balaban J connectivity index is 2.30. The van der Waals surface area contributed by atoms with Gasteiger partial charge in [-0.2, -0.15) is 0 Å². The van der Waals surface area contributed by atoms with Crippen molar-refractivity contribution in [2.24, 2.45) is 5.92 Å². The molecule has 0 aromatic carbocycles. The van der Waals surface area contributed by atoms with Gasteiger partial charge in [-0.3, -0.25) is 0 Å². The van der Waals surface area contributed by atoms with Crippen LogP contribution in [0.4, 0.5) is 0 Å². The number of rotatable bonds is 2. The highest BCUT2D eigenvalue weighted by Gasteiger charge is 2.50. The summed E-state index contributed by atoms with van der Waals surface area (Å²) in [5.74, 6) is 1.41. The van der Waals surface area contributed by atoms with Gasteiger partial charge >= 0.3 is 0 Å². The third-order valence-electron chi connectivity index (χ3n) is 3.06. The number of halogens is 1. The van der Waals surface area contributed by atoms with Crippen molar-refractivity contribution >= 4 is 15.9 Å². The van der Waals surface area contributed by atoms with Gasteiger partial charge in [-0.05, 0) is 25.0 Å². The van der Waals surface area contributed by atoms with Crippen molar-refractivity contribution in [2.45, 2.75) is 18.4 Å². The summed E-state index contributed by atoms with van der Waals surface area (Å²) in [6.45, 7) is 0. The molecule has 0 aliphatic heterocycles. The summed E-state index contributed by atoms with van der Waals surface area (Å²) in [5, 5.41) is 0. The number of hydrogen-bond acceptors (Lipinski definition) is 2. The monoisotopic (exact) mass is 244 g/mol. The first-order valence-corrected chi connectivity index (χ1v) is 5.21. The molecule has 3 heteroatoms. The van der Waals surface area contributed by atoms with E-state index in [0.717, 1.165) is 16.7 Å². The van der Waals surface area contributed by atoms with Crippen LogP contribution in [-0.2, 0) is 9.47 Å². The van der Waals surface area contributed by atoms with Gasteiger partial charge in [0.05, 0.1) is 7.11 Å². The lowest BCUT2D eigenvalue weighted by atomic mass is 9.67. The lowest BCUT2D eigenvalue weighted by Gasteiger charge is -2.49. The van der Waals surface area contributed by atoms with Gasteiger partial charge in [0.2, 0.25) is 0 Å². The molecule has 72 valence electrons. The van der Waals surface area contributed by atoms with E-state index in [1.807, 2.05) is 6.08 Å². The maximum absolute atomic E-state index is 5.57. The minimum atomic E-state index is -0.0813. The molecule has 0 N–H and O–H groups in total. The number of allylic oxidation sites excluding steroid dienone is 1. The Hall–Kier alpha value is -0.280. The molecule has 0 amide bonds. The number of methoxy groups -OCH3 is 2. The number of hydrogen-bond donors (Lipinski definition) is 0. The lowest BCUT2D eigenvalue weighted by molar-refractivity contribution is -0.0715. The van der Waals surface area contributed by atoms with Crippen molar-refractivity contribution in [1.82, 2.24) is 0 Å². The highest BCUT2D eigenvalue weighted by molar-refractivity contribution is 9.11. The van der Waals surface area contributed by atoms with Crippen molar-refractivity contribution in [1.29, 1.82) is 0 Å². The maximum Gasteiger partial charge on any atom is 0.116 e. The van der Waals surface area contributed by atoms with Crippen LogP contribution in [0, 0.1) is 5.92 Å². The molecule has 0 aromatic rings. The van der Waals surface area contributed by atoms with E-state index in [-0.39, 0.29) is 5.60 Å². The van der Waals surface area contributed by atoms with Crippen molar-refractivity contribution in [3.63, 3.8) is 0 Å². The van der Waals surface area contributed by atoms with E-state index >= 15 is 0 Å². The molecule has 1 fully saturated rings.